The van der Waals surface area contributed by atoms with Crippen molar-refractivity contribution >= 4 is 29.0 Å². The number of carbonyl (C=O) groups excluding carboxylic acids is 1. The van der Waals surface area contributed by atoms with Crippen LogP contribution in [0.4, 0.5) is 4.39 Å². The number of rotatable bonds is 5. The van der Waals surface area contributed by atoms with E-state index in [0.717, 1.165) is 12.1 Å². The van der Waals surface area contributed by atoms with Gasteiger partial charge in [0.1, 0.15) is 18.5 Å². The Morgan fingerprint density at radius 2 is 1.92 bits per heavy atom. The van der Waals surface area contributed by atoms with Crippen LogP contribution >= 0.6 is 23.2 Å². The predicted molar refractivity (Wildman–Crippen MR) is 91.1 cm³/mol. The standard InChI is InChI=1S/C17H12Cl2FN3O2/c18-12-3-6-14(15(19)7-12)17(25,8-23-10-21-9-22-23)16(24)11-1-4-13(20)5-2-11/h1-7,9-10,25H,8H2. The average molecular weight is 380 g/mol. The van der Waals surface area contributed by atoms with Crippen molar-refractivity contribution in [1.82, 2.24) is 14.8 Å². The highest BCUT2D eigenvalue weighted by Gasteiger charge is 2.41. The molecule has 128 valence electrons. The molecule has 1 aromatic heterocycles. The SMILES string of the molecule is O=C(c1ccc(F)cc1)C(O)(Cn1cncn1)c1ccc(Cl)cc1Cl. The van der Waals surface area contributed by atoms with Gasteiger partial charge in [-0.25, -0.2) is 14.1 Å². The van der Waals surface area contributed by atoms with Gasteiger partial charge in [-0.2, -0.15) is 5.10 Å². The van der Waals surface area contributed by atoms with E-state index in [1.807, 2.05) is 0 Å². The zero-order valence-electron chi connectivity index (χ0n) is 12.7. The summed E-state index contributed by atoms with van der Waals surface area (Å²) in [6.45, 7) is -0.218. The van der Waals surface area contributed by atoms with E-state index in [-0.39, 0.29) is 22.7 Å². The lowest BCUT2D eigenvalue weighted by molar-refractivity contribution is 0.0182. The largest absolute Gasteiger partial charge is 0.375 e. The topological polar surface area (TPSA) is 68.0 Å². The van der Waals surface area contributed by atoms with Crippen molar-refractivity contribution in [2.45, 2.75) is 12.1 Å². The van der Waals surface area contributed by atoms with Crippen LogP contribution in [0.1, 0.15) is 15.9 Å². The molecule has 0 aliphatic heterocycles. The van der Waals surface area contributed by atoms with Gasteiger partial charge in [0.2, 0.25) is 5.78 Å². The number of nitrogens with zero attached hydrogens (tertiary/aromatic N) is 3. The highest BCUT2D eigenvalue weighted by atomic mass is 35.5. The van der Waals surface area contributed by atoms with Crippen LogP contribution in [0.15, 0.2) is 55.1 Å². The van der Waals surface area contributed by atoms with Gasteiger partial charge >= 0.3 is 0 Å². The summed E-state index contributed by atoms with van der Waals surface area (Å²) >= 11 is 12.1. The van der Waals surface area contributed by atoms with Crippen molar-refractivity contribution in [3.63, 3.8) is 0 Å². The molecule has 0 fully saturated rings. The first-order chi connectivity index (χ1) is 11.9. The predicted octanol–water partition coefficient (Wildman–Crippen LogP) is 3.49. The van der Waals surface area contributed by atoms with Crippen LogP contribution < -0.4 is 0 Å². The van der Waals surface area contributed by atoms with Crippen LogP contribution in [0.3, 0.4) is 0 Å². The summed E-state index contributed by atoms with van der Waals surface area (Å²) < 4.78 is 14.5. The Morgan fingerprint density at radius 1 is 1.20 bits per heavy atom. The van der Waals surface area contributed by atoms with E-state index in [1.54, 1.807) is 0 Å². The highest BCUT2D eigenvalue weighted by Crippen LogP contribution is 2.34. The smallest absolute Gasteiger partial charge is 0.200 e. The fourth-order valence-corrected chi connectivity index (χ4v) is 3.06. The van der Waals surface area contributed by atoms with Crippen LogP contribution in [-0.2, 0) is 12.1 Å². The summed E-state index contributed by atoms with van der Waals surface area (Å²) in [6, 6.07) is 9.32. The molecule has 0 radical (unpaired) electrons. The van der Waals surface area contributed by atoms with E-state index in [2.05, 4.69) is 10.1 Å². The lowest BCUT2D eigenvalue weighted by Gasteiger charge is -2.28. The van der Waals surface area contributed by atoms with E-state index in [0.29, 0.717) is 5.02 Å². The molecule has 25 heavy (non-hydrogen) atoms. The summed E-state index contributed by atoms with van der Waals surface area (Å²) in [5.74, 6) is -1.13. The summed E-state index contributed by atoms with van der Waals surface area (Å²) in [4.78, 5) is 16.8. The van der Waals surface area contributed by atoms with Crippen molar-refractivity contribution in [1.29, 1.82) is 0 Å². The highest BCUT2D eigenvalue weighted by molar-refractivity contribution is 6.35. The van der Waals surface area contributed by atoms with Crippen molar-refractivity contribution in [3.8, 4) is 0 Å². The lowest BCUT2D eigenvalue weighted by atomic mass is 9.85. The number of carbonyl (C=O) groups is 1. The van der Waals surface area contributed by atoms with Crippen LogP contribution in [0.5, 0.6) is 0 Å². The van der Waals surface area contributed by atoms with E-state index < -0.39 is 17.2 Å². The molecular weight excluding hydrogens is 368 g/mol. The van der Waals surface area contributed by atoms with E-state index in [4.69, 9.17) is 23.2 Å². The molecule has 0 aliphatic carbocycles. The first-order valence-corrected chi connectivity index (χ1v) is 7.96. The number of aromatic nitrogens is 3. The molecule has 3 rings (SSSR count). The fourth-order valence-electron chi connectivity index (χ4n) is 2.49. The maximum atomic E-state index is 13.2. The van der Waals surface area contributed by atoms with Crippen molar-refractivity contribution in [2.24, 2.45) is 0 Å². The molecule has 1 heterocycles. The lowest BCUT2D eigenvalue weighted by Crippen LogP contribution is -2.40. The van der Waals surface area contributed by atoms with Crippen LogP contribution in [0, 0.1) is 5.82 Å². The van der Waals surface area contributed by atoms with Crippen LogP contribution in [0.2, 0.25) is 10.0 Å². The molecule has 3 aromatic rings. The van der Waals surface area contributed by atoms with Crippen LogP contribution in [-0.4, -0.2) is 25.7 Å². The van der Waals surface area contributed by atoms with E-state index >= 15 is 0 Å². The number of benzene rings is 2. The minimum absolute atomic E-state index is 0.130. The molecule has 0 aliphatic rings. The second-order valence-electron chi connectivity index (χ2n) is 5.41. The second-order valence-corrected chi connectivity index (χ2v) is 6.26. The Balaban J connectivity index is 2.10. The maximum Gasteiger partial charge on any atom is 0.200 e. The third kappa shape index (κ3) is 3.56. The molecule has 0 spiro atoms. The normalized spacial score (nSPS) is 13.4. The summed E-state index contributed by atoms with van der Waals surface area (Å²) in [5.41, 5.74) is -1.73. The summed E-state index contributed by atoms with van der Waals surface area (Å²) in [7, 11) is 0. The minimum Gasteiger partial charge on any atom is -0.375 e. The second kappa shape index (κ2) is 6.92. The van der Waals surface area contributed by atoms with Gasteiger partial charge in [-0.3, -0.25) is 4.79 Å². The van der Waals surface area contributed by atoms with Gasteiger partial charge < -0.3 is 5.11 Å². The molecule has 0 saturated heterocycles. The van der Waals surface area contributed by atoms with Crippen molar-refractivity contribution in [3.05, 3.63) is 82.1 Å². The van der Waals surface area contributed by atoms with Crippen molar-refractivity contribution < 1.29 is 14.3 Å². The molecule has 2 aromatic carbocycles. The number of ketones is 1. The third-order valence-corrected chi connectivity index (χ3v) is 4.26. The van der Waals surface area contributed by atoms with Gasteiger partial charge in [0, 0.05) is 21.2 Å². The third-order valence-electron chi connectivity index (χ3n) is 3.72. The molecule has 1 N–H and O–H groups in total. The Hall–Kier alpha value is -2.28. The Kier molecular flexibility index (Phi) is 4.85. The zero-order chi connectivity index (χ0) is 18.0. The molecule has 0 bridgehead atoms. The van der Waals surface area contributed by atoms with E-state index in [1.165, 1.54) is 47.7 Å². The quantitative estimate of drug-likeness (QED) is 0.688. The van der Waals surface area contributed by atoms with Crippen LogP contribution in [0.25, 0.3) is 0 Å². The molecular formula is C17H12Cl2FN3O2. The van der Waals surface area contributed by atoms with Gasteiger partial charge in [-0.15, -0.1) is 0 Å². The number of hydrogen-bond donors (Lipinski definition) is 1. The van der Waals surface area contributed by atoms with Crippen molar-refractivity contribution in [2.75, 3.05) is 0 Å². The summed E-state index contributed by atoms with van der Waals surface area (Å²) in [5, 5.41) is 15.7. The molecule has 1 unspecified atom stereocenters. The average Bonchev–Trinajstić information content (AvgIpc) is 3.07. The number of halogens is 3. The van der Waals surface area contributed by atoms with Gasteiger partial charge in [0.15, 0.2) is 5.60 Å². The Labute approximate surface area is 152 Å². The Bertz CT molecular complexity index is 901. The molecule has 8 heteroatoms. The Morgan fingerprint density at radius 3 is 2.52 bits per heavy atom. The van der Waals surface area contributed by atoms with Gasteiger partial charge in [0.25, 0.3) is 0 Å². The maximum absolute atomic E-state index is 13.2. The van der Waals surface area contributed by atoms with E-state index in [9.17, 15) is 14.3 Å². The minimum atomic E-state index is -2.03. The van der Waals surface area contributed by atoms with Gasteiger partial charge in [-0.05, 0) is 36.4 Å². The monoisotopic (exact) mass is 379 g/mol. The van der Waals surface area contributed by atoms with Gasteiger partial charge in [-0.1, -0.05) is 29.3 Å². The fraction of sp³-hybridized carbons (Fsp3) is 0.118. The molecule has 0 amide bonds. The zero-order valence-corrected chi connectivity index (χ0v) is 14.2. The molecule has 1 atom stereocenters. The first-order valence-electron chi connectivity index (χ1n) is 7.21. The number of hydrogen-bond acceptors (Lipinski definition) is 4. The van der Waals surface area contributed by atoms with Gasteiger partial charge in [0.05, 0.1) is 6.54 Å². The summed E-state index contributed by atoms with van der Waals surface area (Å²) in [6.07, 6.45) is 2.65. The first kappa shape index (κ1) is 17.5. The number of aliphatic hydroxyl groups is 1. The number of Topliss-reactive ketones (excluding diaryl/α,β-unsaturated/α-hetero) is 1. The molecule has 0 saturated carbocycles. The molecule has 5 nitrogen and oxygen atoms in total.